The molecule has 0 aromatic rings. The Balaban J connectivity index is 2.05. The smallest absolute Gasteiger partial charge is 0.304 e. The van der Waals surface area contributed by atoms with Gasteiger partial charge in [0, 0.05) is 6.04 Å². The van der Waals surface area contributed by atoms with Crippen molar-refractivity contribution in [3.8, 4) is 0 Å². The monoisotopic (exact) mass is 321 g/mol. The van der Waals surface area contributed by atoms with E-state index in [4.69, 9.17) is 0 Å². The van der Waals surface area contributed by atoms with Crippen molar-refractivity contribution in [1.82, 2.24) is 5.32 Å². The van der Waals surface area contributed by atoms with E-state index in [1.165, 1.54) is 6.42 Å². The second-order valence-electron chi connectivity index (χ2n) is 8.29. The van der Waals surface area contributed by atoms with Gasteiger partial charge in [0.05, 0.1) is 12.3 Å². The number of amides is 1. The van der Waals surface area contributed by atoms with E-state index in [0.29, 0.717) is 5.92 Å². The van der Waals surface area contributed by atoms with E-state index in [-0.39, 0.29) is 23.8 Å². The Bertz CT molecular complexity index is 481. The van der Waals surface area contributed by atoms with Gasteiger partial charge in [-0.05, 0) is 56.3 Å². The second-order valence-corrected chi connectivity index (χ2v) is 8.29. The zero-order chi connectivity index (χ0) is 17.0. The molecule has 0 saturated heterocycles. The fourth-order valence-corrected chi connectivity index (χ4v) is 4.50. The van der Waals surface area contributed by atoms with E-state index in [2.05, 4.69) is 32.2 Å². The minimum absolute atomic E-state index is 0.0875. The first kappa shape index (κ1) is 18.0. The van der Waals surface area contributed by atoms with Crippen molar-refractivity contribution in [2.45, 2.75) is 78.2 Å². The third-order valence-electron chi connectivity index (χ3n) is 5.20. The van der Waals surface area contributed by atoms with E-state index >= 15 is 0 Å². The summed E-state index contributed by atoms with van der Waals surface area (Å²) in [7, 11) is 0. The lowest BCUT2D eigenvalue weighted by Gasteiger charge is -2.39. The molecule has 4 nitrogen and oxygen atoms in total. The van der Waals surface area contributed by atoms with Crippen LogP contribution in [0.25, 0.3) is 0 Å². The van der Waals surface area contributed by atoms with E-state index < -0.39 is 11.9 Å². The van der Waals surface area contributed by atoms with E-state index in [1.807, 2.05) is 0 Å². The summed E-state index contributed by atoms with van der Waals surface area (Å²) in [6.45, 7) is 6.74. The average Bonchev–Trinajstić information content (AvgIpc) is 2.43. The average molecular weight is 321 g/mol. The Labute approximate surface area is 139 Å². The molecule has 2 aliphatic carbocycles. The summed E-state index contributed by atoms with van der Waals surface area (Å²) < 4.78 is 0. The molecule has 2 aliphatic rings. The van der Waals surface area contributed by atoms with E-state index in [9.17, 15) is 14.7 Å². The molecule has 0 radical (unpaired) electrons. The Kier molecular flexibility index (Phi) is 5.88. The molecular weight excluding hydrogens is 290 g/mol. The second kappa shape index (κ2) is 7.50. The maximum Gasteiger partial charge on any atom is 0.304 e. The molecule has 0 aromatic heterocycles. The third kappa shape index (κ3) is 5.36. The molecule has 0 heterocycles. The standard InChI is InChI=1S/C19H31NO3/c1-13-9-15(12-19(2,3)11-13)20-18(23)16(10-17(21)22)14-7-5-4-6-8-14/h7,13,15-16H,4-6,8-12H2,1-3H3,(H,20,23)(H,21,22). The number of aliphatic carboxylic acids is 1. The van der Waals surface area contributed by atoms with Crippen LogP contribution in [0.3, 0.4) is 0 Å². The van der Waals surface area contributed by atoms with Crippen molar-refractivity contribution < 1.29 is 14.7 Å². The maximum absolute atomic E-state index is 12.7. The lowest BCUT2D eigenvalue weighted by molar-refractivity contribution is -0.140. The number of rotatable bonds is 5. The van der Waals surface area contributed by atoms with Gasteiger partial charge in [-0.1, -0.05) is 32.4 Å². The minimum atomic E-state index is -0.894. The number of hydrogen-bond donors (Lipinski definition) is 2. The minimum Gasteiger partial charge on any atom is -0.481 e. The van der Waals surface area contributed by atoms with E-state index in [1.54, 1.807) is 0 Å². The number of nitrogens with one attached hydrogen (secondary N) is 1. The Morgan fingerprint density at radius 3 is 2.65 bits per heavy atom. The molecule has 0 bridgehead atoms. The highest BCUT2D eigenvalue weighted by Crippen LogP contribution is 2.38. The van der Waals surface area contributed by atoms with Crippen molar-refractivity contribution in [2.24, 2.45) is 17.3 Å². The number of hydrogen-bond acceptors (Lipinski definition) is 2. The molecule has 0 aliphatic heterocycles. The molecule has 2 N–H and O–H groups in total. The summed E-state index contributed by atoms with van der Waals surface area (Å²) in [6.07, 6.45) is 9.17. The van der Waals surface area contributed by atoms with Gasteiger partial charge in [0.25, 0.3) is 0 Å². The number of carboxylic acid groups (broad SMARTS) is 1. The van der Waals surface area contributed by atoms with Gasteiger partial charge in [0.2, 0.25) is 5.91 Å². The molecule has 1 saturated carbocycles. The van der Waals surface area contributed by atoms with Crippen molar-refractivity contribution >= 4 is 11.9 Å². The largest absolute Gasteiger partial charge is 0.481 e. The number of carbonyl (C=O) groups is 2. The predicted octanol–water partition coefficient (Wildman–Crippen LogP) is 3.91. The van der Waals surface area contributed by atoms with Crippen LogP contribution in [0.1, 0.15) is 72.1 Å². The predicted molar refractivity (Wildman–Crippen MR) is 91.0 cm³/mol. The SMILES string of the molecule is CC1CC(NC(=O)C(CC(=O)O)C2=CCCCC2)CC(C)(C)C1. The van der Waals surface area contributed by atoms with Crippen LogP contribution in [-0.4, -0.2) is 23.0 Å². The summed E-state index contributed by atoms with van der Waals surface area (Å²) >= 11 is 0. The topological polar surface area (TPSA) is 66.4 Å². The highest BCUT2D eigenvalue weighted by molar-refractivity contribution is 5.86. The summed E-state index contributed by atoms with van der Waals surface area (Å²) in [6, 6.07) is 0.168. The number of carboxylic acids is 1. The molecule has 4 heteroatoms. The zero-order valence-electron chi connectivity index (χ0n) is 14.7. The number of allylic oxidation sites excluding steroid dienone is 1. The molecular formula is C19H31NO3. The molecule has 2 rings (SSSR count). The van der Waals surface area contributed by atoms with Crippen molar-refractivity contribution in [2.75, 3.05) is 0 Å². The van der Waals surface area contributed by atoms with Crippen molar-refractivity contribution in [3.63, 3.8) is 0 Å². The van der Waals surface area contributed by atoms with Crippen LogP contribution in [0.4, 0.5) is 0 Å². The molecule has 3 unspecified atom stereocenters. The summed E-state index contributed by atoms with van der Waals surface area (Å²) in [4.78, 5) is 23.9. The molecule has 23 heavy (non-hydrogen) atoms. The van der Waals surface area contributed by atoms with Crippen LogP contribution in [0.15, 0.2) is 11.6 Å². The molecule has 1 amide bonds. The fourth-order valence-electron chi connectivity index (χ4n) is 4.50. The van der Waals surface area contributed by atoms with Gasteiger partial charge in [-0.15, -0.1) is 0 Å². The first-order valence-electron chi connectivity index (χ1n) is 8.98. The highest BCUT2D eigenvalue weighted by atomic mass is 16.4. The Morgan fingerprint density at radius 1 is 1.35 bits per heavy atom. The van der Waals surface area contributed by atoms with Gasteiger partial charge in [-0.25, -0.2) is 0 Å². The lowest BCUT2D eigenvalue weighted by Crippen LogP contribution is -2.45. The fraction of sp³-hybridized carbons (Fsp3) is 0.789. The van der Waals surface area contributed by atoms with Gasteiger partial charge >= 0.3 is 5.97 Å². The molecule has 0 spiro atoms. The quantitative estimate of drug-likeness (QED) is 0.755. The first-order valence-corrected chi connectivity index (χ1v) is 8.98. The zero-order valence-corrected chi connectivity index (χ0v) is 14.7. The first-order chi connectivity index (χ1) is 10.8. The number of carbonyl (C=O) groups excluding carboxylic acids is 1. The van der Waals surface area contributed by atoms with Crippen molar-refractivity contribution in [3.05, 3.63) is 11.6 Å². The van der Waals surface area contributed by atoms with Crippen LogP contribution in [0.2, 0.25) is 0 Å². The molecule has 3 atom stereocenters. The Hall–Kier alpha value is -1.32. The van der Waals surface area contributed by atoms with Crippen LogP contribution in [0, 0.1) is 17.3 Å². The van der Waals surface area contributed by atoms with Gasteiger partial charge < -0.3 is 10.4 Å². The molecule has 0 aromatic carbocycles. The highest BCUT2D eigenvalue weighted by Gasteiger charge is 2.34. The normalized spacial score (nSPS) is 28.6. The lowest BCUT2D eigenvalue weighted by atomic mass is 9.70. The maximum atomic E-state index is 12.7. The van der Waals surface area contributed by atoms with Crippen LogP contribution < -0.4 is 5.32 Å². The summed E-state index contributed by atoms with van der Waals surface area (Å²) in [5.74, 6) is -0.881. The summed E-state index contributed by atoms with van der Waals surface area (Å²) in [5, 5.41) is 12.4. The van der Waals surface area contributed by atoms with Crippen LogP contribution in [-0.2, 0) is 9.59 Å². The third-order valence-corrected chi connectivity index (χ3v) is 5.20. The molecule has 1 fully saturated rings. The van der Waals surface area contributed by atoms with Gasteiger partial charge in [-0.2, -0.15) is 0 Å². The van der Waals surface area contributed by atoms with Gasteiger partial charge in [0.15, 0.2) is 0 Å². The molecule has 130 valence electrons. The van der Waals surface area contributed by atoms with Gasteiger partial charge in [-0.3, -0.25) is 9.59 Å². The van der Waals surface area contributed by atoms with Crippen LogP contribution >= 0.6 is 0 Å². The van der Waals surface area contributed by atoms with Crippen LogP contribution in [0.5, 0.6) is 0 Å². The van der Waals surface area contributed by atoms with Crippen molar-refractivity contribution in [1.29, 1.82) is 0 Å². The van der Waals surface area contributed by atoms with E-state index in [0.717, 1.165) is 44.1 Å². The summed E-state index contributed by atoms with van der Waals surface area (Å²) in [5.41, 5.74) is 1.27. The Morgan fingerprint density at radius 2 is 2.09 bits per heavy atom. The van der Waals surface area contributed by atoms with Gasteiger partial charge in [0.1, 0.15) is 0 Å².